The fraction of sp³-hybridized carbons (Fsp3) is 0.200. The molecule has 0 amide bonds. The van der Waals surface area contributed by atoms with E-state index in [1.165, 1.54) is 24.2 Å². The van der Waals surface area contributed by atoms with Crippen LogP contribution in [0.3, 0.4) is 0 Å². The minimum atomic E-state index is 0.119. The Bertz CT molecular complexity index is 929. The lowest BCUT2D eigenvalue weighted by Gasteiger charge is -2.07. The molecule has 3 aromatic rings. The van der Waals surface area contributed by atoms with Crippen molar-refractivity contribution < 1.29 is 4.79 Å². The highest BCUT2D eigenvalue weighted by molar-refractivity contribution is 6.23. The molecule has 1 N–H and O–H groups in total. The average molecular weight is 300 g/mol. The molecule has 0 saturated heterocycles. The largest absolute Gasteiger partial charge is 0.342 e. The molecule has 0 saturated carbocycles. The number of fused-ring (bicyclic) bond motifs is 4. The topological polar surface area (TPSA) is 45.8 Å². The first-order valence-electron chi connectivity index (χ1n) is 8.18. The van der Waals surface area contributed by atoms with Gasteiger partial charge in [-0.3, -0.25) is 4.79 Å². The lowest BCUT2D eigenvalue weighted by atomic mass is 9.99. The van der Waals surface area contributed by atoms with Gasteiger partial charge in [-0.15, -0.1) is 0 Å². The third kappa shape index (κ3) is 1.76. The van der Waals surface area contributed by atoms with Crippen LogP contribution in [-0.2, 0) is 12.8 Å². The number of carbonyl (C=O) groups is 1. The van der Waals surface area contributed by atoms with Gasteiger partial charge in [0.2, 0.25) is 0 Å². The van der Waals surface area contributed by atoms with Crippen LogP contribution in [0.2, 0.25) is 0 Å². The van der Waals surface area contributed by atoms with Gasteiger partial charge in [-0.25, -0.2) is 4.98 Å². The maximum atomic E-state index is 12.6. The zero-order valence-electron chi connectivity index (χ0n) is 12.7. The summed E-state index contributed by atoms with van der Waals surface area (Å²) in [6, 6.07) is 13.8. The van der Waals surface area contributed by atoms with Crippen molar-refractivity contribution in [3.8, 4) is 22.5 Å². The maximum absolute atomic E-state index is 12.6. The van der Waals surface area contributed by atoms with Gasteiger partial charge in [-0.05, 0) is 31.2 Å². The summed E-state index contributed by atoms with van der Waals surface area (Å²) >= 11 is 0. The number of ketones is 1. The number of nitrogens with one attached hydrogen (secondary N) is 1. The number of imidazole rings is 1. The first-order valence-corrected chi connectivity index (χ1v) is 8.18. The van der Waals surface area contributed by atoms with Crippen LogP contribution >= 0.6 is 0 Å². The number of aromatic nitrogens is 2. The SMILES string of the molecule is O=C1c2ccccc2-c2c1cccc2-c1nc2c([nH]1)CCCC2. The van der Waals surface area contributed by atoms with Crippen LogP contribution in [0.5, 0.6) is 0 Å². The van der Waals surface area contributed by atoms with Crippen LogP contribution in [0.15, 0.2) is 42.5 Å². The van der Waals surface area contributed by atoms with Crippen LogP contribution in [0, 0.1) is 0 Å². The smallest absolute Gasteiger partial charge is 0.194 e. The van der Waals surface area contributed by atoms with Crippen molar-refractivity contribution >= 4 is 5.78 Å². The monoisotopic (exact) mass is 300 g/mol. The molecule has 0 fully saturated rings. The van der Waals surface area contributed by atoms with E-state index in [1.54, 1.807) is 0 Å². The van der Waals surface area contributed by atoms with Gasteiger partial charge in [0.15, 0.2) is 5.78 Å². The fourth-order valence-electron chi connectivity index (χ4n) is 3.85. The summed E-state index contributed by atoms with van der Waals surface area (Å²) in [6.07, 6.45) is 4.57. The van der Waals surface area contributed by atoms with E-state index in [0.717, 1.165) is 46.5 Å². The van der Waals surface area contributed by atoms with Crippen molar-refractivity contribution in [3.05, 3.63) is 65.0 Å². The van der Waals surface area contributed by atoms with Crippen molar-refractivity contribution in [1.82, 2.24) is 9.97 Å². The molecule has 2 aromatic carbocycles. The highest BCUT2D eigenvalue weighted by Gasteiger charge is 2.29. The van der Waals surface area contributed by atoms with Crippen molar-refractivity contribution in [2.75, 3.05) is 0 Å². The molecule has 1 heterocycles. The van der Waals surface area contributed by atoms with E-state index in [9.17, 15) is 4.79 Å². The summed E-state index contributed by atoms with van der Waals surface area (Å²) in [5.41, 5.74) is 7.14. The quantitative estimate of drug-likeness (QED) is 0.573. The van der Waals surface area contributed by atoms with Gasteiger partial charge in [0.1, 0.15) is 5.82 Å². The molecule has 3 nitrogen and oxygen atoms in total. The summed E-state index contributed by atoms with van der Waals surface area (Å²) in [6.45, 7) is 0. The molecule has 112 valence electrons. The van der Waals surface area contributed by atoms with Gasteiger partial charge in [0, 0.05) is 27.9 Å². The number of benzene rings is 2. The standard InChI is InChI=1S/C20H16N2O/c23-19-13-7-2-1-6-12(13)18-14(19)8-5-9-15(18)20-21-16-10-3-4-11-17(16)22-20/h1-2,5-9H,3-4,10-11H2,(H,21,22). The van der Waals surface area contributed by atoms with E-state index >= 15 is 0 Å². The number of aryl methyl sites for hydroxylation is 2. The van der Waals surface area contributed by atoms with Gasteiger partial charge >= 0.3 is 0 Å². The second-order valence-corrected chi connectivity index (χ2v) is 6.32. The molecular formula is C20H16N2O. The molecule has 0 atom stereocenters. The predicted molar refractivity (Wildman–Crippen MR) is 89.5 cm³/mol. The molecule has 0 spiro atoms. The summed E-state index contributed by atoms with van der Waals surface area (Å²) < 4.78 is 0. The summed E-state index contributed by atoms with van der Waals surface area (Å²) in [4.78, 5) is 21.0. The third-order valence-electron chi connectivity index (χ3n) is 4.96. The zero-order valence-corrected chi connectivity index (χ0v) is 12.7. The summed E-state index contributed by atoms with van der Waals surface area (Å²) in [5, 5.41) is 0. The van der Waals surface area contributed by atoms with Gasteiger partial charge in [-0.2, -0.15) is 0 Å². The Labute approximate surface area is 134 Å². The molecule has 1 aromatic heterocycles. The number of nitrogens with zero attached hydrogens (tertiary/aromatic N) is 1. The van der Waals surface area contributed by atoms with Gasteiger partial charge in [-0.1, -0.05) is 42.5 Å². The fourth-order valence-corrected chi connectivity index (χ4v) is 3.85. The van der Waals surface area contributed by atoms with Crippen LogP contribution in [0.1, 0.15) is 40.2 Å². The van der Waals surface area contributed by atoms with Crippen LogP contribution in [0.4, 0.5) is 0 Å². The Kier molecular flexibility index (Phi) is 2.60. The van der Waals surface area contributed by atoms with Gasteiger partial charge in [0.25, 0.3) is 0 Å². The molecule has 0 radical (unpaired) electrons. The molecule has 5 rings (SSSR count). The molecule has 0 aliphatic heterocycles. The van der Waals surface area contributed by atoms with E-state index < -0.39 is 0 Å². The molecule has 0 bridgehead atoms. The molecule has 23 heavy (non-hydrogen) atoms. The normalized spacial score (nSPS) is 15.2. The molecule has 3 heteroatoms. The maximum Gasteiger partial charge on any atom is 0.194 e. The van der Waals surface area contributed by atoms with Crippen LogP contribution in [0.25, 0.3) is 22.5 Å². The molecule has 0 unspecified atom stereocenters. The average Bonchev–Trinajstić information content (AvgIpc) is 3.15. The third-order valence-corrected chi connectivity index (χ3v) is 4.96. The highest BCUT2D eigenvalue weighted by atomic mass is 16.1. The number of hydrogen-bond acceptors (Lipinski definition) is 2. The number of H-pyrrole nitrogens is 1. The van der Waals surface area contributed by atoms with E-state index in [1.807, 2.05) is 36.4 Å². The number of aromatic amines is 1. The number of hydrogen-bond donors (Lipinski definition) is 1. The highest BCUT2D eigenvalue weighted by Crippen LogP contribution is 2.42. The van der Waals surface area contributed by atoms with Crippen molar-refractivity contribution in [3.63, 3.8) is 0 Å². The lowest BCUT2D eigenvalue weighted by Crippen LogP contribution is -2.00. The Morgan fingerprint density at radius 1 is 0.826 bits per heavy atom. The van der Waals surface area contributed by atoms with Crippen LogP contribution in [-0.4, -0.2) is 15.8 Å². The zero-order chi connectivity index (χ0) is 15.4. The first-order chi connectivity index (χ1) is 11.3. The molecule has 2 aliphatic carbocycles. The molecular weight excluding hydrogens is 284 g/mol. The minimum Gasteiger partial charge on any atom is -0.342 e. The van der Waals surface area contributed by atoms with E-state index in [2.05, 4.69) is 11.1 Å². The Morgan fingerprint density at radius 2 is 1.57 bits per heavy atom. The van der Waals surface area contributed by atoms with E-state index in [4.69, 9.17) is 4.98 Å². The van der Waals surface area contributed by atoms with Crippen LogP contribution < -0.4 is 0 Å². The van der Waals surface area contributed by atoms with Crippen molar-refractivity contribution in [1.29, 1.82) is 0 Å². The predicted octanol–water partition coefficient (Wildman–Crippen LogP) is 4.17. The number of carbonyl (C=O) groups excluding carboxylic acids is 1. The first kappa shape index (κ1) is 12.8. The van der Waals surface area contributed by atoms with Gasteiger partial charge < -0.3 is 4.98 Å². The Hall–Kier alpha value is -2.68. The number of rotatable bonds is 1. The summed E-state index contributed by atoms with van der Waals surface area (Å²) in [5.74, 6) is 1.02. The second-order valence-electron chi connectivity index (χ2n) is 6.32. The minimum absolute atomic E-state index is 0.119. The van der Waals surface area contributed by atoms with E-state index in [0.29, 0.717) is 0 Å². The van der Waals surface area contributed by atoms with Crippen molar-refractivity contribution in [2.24, 2.45) is 0 Å². The lowest BCUT2D eigenvalue weighted by molar-refractivity contribution is 0.104. The second kappa shape index (κ2) is 4.66. The summed E-state index contributed by atoms with van der Waals surface area (Å²) in [7, 11) is 0. The van der Waals surface area contributed by atoms with E-state index in [-0.39, 0.29) is 5.78 Å². The Balaban J connectivity index is 1.76. The molecule has 2 aliphatic rings. The van der Waals surface area contributed by atoms with Crippen molar-refractivity contribution in [2.45, 2.75) is 25.7 Å². The Morgan fingerprint density at radius 3 is 2.43 bits per heavy atom. The van der Waals surface area contributed by atoms with Gasteiger partial charge in [0.05, 0.1) is 5.69 Å².